The molecule has 0 spiro atoms. The van der Waals surface area contributed by atoms with E-state index in [2.05, 4.69) is 20.6 Å². The molecule has 0 bridgehead atoms. The lowest BCUT2D eigenvalue weighted by molar-refractivity contribution is -0.121. The largest absolute Gasteiger partial charge is 0.448 e. The molecule has 9 nitrogen and oxygen atoms in total. The fourth-order valence-electron chi connectivity index (χ4n) is 4.08. The quantitative estimate of drug-likeness (QED) is 0.708. The van der Waals surface area contributed by atoms with Crippen LogP contribution in [0.1, 0.15) is 41.9 Å². The van der Waals surface area contributed by atoms with Gasteiger partial charge in [-0.1, -0.05) is 11.6 Å². The summed E-state index contributed by atoms with van der Waals surface area (Å²) in [5.41, 5.74) is 1.11. The molecule has 1 aliphatic carbocycles. The van der Waals surface area contributed by atoms with E-state index in [0.29, 0.717) is 48.2 Å². The van der Waals surface area contributed by atoms with Crippen LogP contribution in [-0.2, 0) is 9.53 Å². The minimum absolute atomic E-state index is 0.114. The van der Waals surface area contributed by atoms with Crippen LogP contribution in [0.3, 0.4) is 0 Å². The number of carbonyl (C=O) groups excluding carboxylic acids is 3. The number of amides is 3. The van der Waals surface area contributed by atoms with E-state index in [0.717, 1.165) is 12.8 Å². The molecule has 10 heteroatoms. The Bertz CT molecular complexity index is 1020. The first-order valence-electron chi connectivity index (χ1n) is 10.6. The predicted molar refractivity (Wildman–Crippen MR) is 119 cm³/mol. The van der Waals surface area contributed by atoms with E-state index in [1.165, 1.54) is 6.20 Å². The van der Waals surface area contributed by atoms with Crippen LogP contribution in [0.5, 0.6) is 0 Å². The maximum atomic E-state index is 12.9. The fourth-order valence-corrected chi connectivity index (χ4v) is 4.19. The summed E-state index contributed by atoms with van der Waals surface area (Å²) in [5, 5.41) is 6.00. The molecule has 4 rings (SSSR count). The van der Waals surface area contributed by atoms with Gasteiger partial charge in [-0.05, 0) is 56.9 Å². The molecule has 2 N–H and O–H groups in total. The second-order valence-corrected chi connectivity index (χ2v) is 8.40. The van der Waals surface area contributed by atoms with Gasteiger partial charge in [0.2, 0.25) is 5.91 Å². The summed E-state index contributed by atoms with van der Waals surface area (Å²) in [6, 6.07) is 6.74. The van der Waals surface area contributed by atoms with Gasteiger partial charge in [0.05, 0.1) is 17.3 Å². The van der Waals surface area contributed by atoms with Crippen molar-refractivity contribution in [2.75, 3.05) is 23.8 Å². The van der Waals surface area contributed by atoms with E-state index < -0.39 is 5.91 Å². The highest BCUT2D eigenvalue weighted by molar-refractivity contribution is 6.30. The molecule has 1 saturated carbocycles. The zero-order valence-electron chi connectivity index (χ0n) is 17.6. The number of nitrogens with one attached hydrogen (secondary N) is 2. The molecular formula is C22H24ClN5O4. The molecule has 3 amide bonds. The lowest BCUT2D eigenvalue weighted by Crippen LogP contribution is -2.40. The normalized spacial score (nSPS) is 20.6. The number of carbonyl (C=O) groups is 3. The number of rotatable bonds is 5. The van der Waals surface area contributed by atoms with Crippen molar-refractivity contribution in [2.45, 2.75) is 38.6 Å². The van der Waals surface area contributed by atoms with Gasteiger partial charge in [-0.3, -0.25) is 9.59 Å². The first kappa shape index (κ1) is 22.0. The number of pyridine rings is 2. The SMILES string of the molecule is Cc1ccc(NC(=O)C2CCC(N3CCOC3=O)CC2)c(C(=O)Nc2ccc(Cl)cn2)n1. The number of cyclic esters (lactones) is 1. The zero-order chi connectivity index (χ0) is 22.7. The molecular weight excluding hydrogens is 434 g/mol. The summed E-state index contributed by atoms with van der Waals surface area (Å²) >= 11 is 5.83. The molecule has 0 radical (unpaired) electrons. The molecule has 1 saturated heterocycles. The van der Waals surface area contributed by atoms with E-state index in [1.807, 2.05) is 0 Å². The van der Waals surface area contributed by atoms with Gasteiger partial charge in [0, 0.05) is 23.9 Å². The monoisotopic (exact) mass is 457 g/mol. The van der Waals surface area contributed by atoms with E-state index in [-0.39, 0.29) is 29.7 Å². The Morgan fingerprint density at radius 2 is 1.91 bits per heavy atom. The molecule has 32 heavy (non-hydrogen) atoms. The fraction of sp³-hybridized carbons (Fsp3) is 0.409. The minimum Gasteiger partial charge on any atom is -0.448 e. The Kier molecular flexibility index (Phi) is 6.55. The highest BCUT2D eigenvalue weighted by Gasteiger charge is 2.34. The van der Waals surface area contributed by atoms with E-state index >= 15 is 0 Å². The minimum atomic E-state index is -0.477. The number of hydrogen-bond donors (Lipinski definition) is 2. The first-order valence-corrected chi connectivity index (χ1v) is 10.9. The number of aromatic nitrogens is 2. The number of halogens is 1. The van der Waals surface area contributed by atoms with Crippen molar-refractivity contribution in [1.82, 2.24) is 14.9 Å². The third-order valence-electron chi connectivity index (χ3n) is 5.78. The lowest BCUT2D eigenvalue weighted by Gasteiger charge is -2.32. The Labute approximate surface area is 190 Å². The van der Waals surface area contributed by atoms with Gasteiger partial charge in [-0.2, -0.15) is 0 Å². The molecule has 2 aromatic heterocycles. The molecule has 0 aromatic carbocycles. The Morgan fingerprint density at radius 1 is 1.12 bits per heavy atom. The number of aryl methyl sites for hydroxylation is 1. The summed E-state index contributed by atoms with van der Waals surface area (Å²) in [6.45, 7) is 2.81. The van der Waals surface area contributed by atoms with Crippen molar-refractivity contribution in [3.8, 4) is 0 Å². The van der Waals surface area contributed by atoms with Crippen molar-refractivity contribution >= 4 is 41.0 Å². The van der Waals surface area contributed by atoms with Crippen LogP contribution in [0.25, 0.3) is 0 Å². The molecule has 1 aliphatic heterocycles. The van der Waals surface area contributed by atoms with Gasteiger partial charge in [0.15, 0.2) is 5.69 Å². The average Bonchev–Trinajstić information content (AvgIpc) is 3.22. The first-order chi connectivity index (χ1) is 15.4. The summed E-state index contributed by atoms with van der Waals surface area (Å²) in [6.07, 6.45) is 3.98. The van der Waals surface area contributed by atoms with Crippen molar-refractivity contribution < 1.29 is 19.1 Å². The van der Waals surface area contributed by atoms with Crippen molar-refractivity contribution in [3.05, 3.63) is 46.9 Å². The molecule has 168 valence electrons. The molecule has 2 aliphatic rings. The van der Waals surface area contributed by atoms with E-state index in [1.54, 1.807) is 36.1 Å². The molecule has 0 unspecified atom stereocenters. The highest BCUT2D eigenvalue weighted by atomic mass is 35.5. The van der Waals surface area contributed by atoms with Crippen LogP contribution in [0.15, 0.2) is 30.5 Å². The van der Waals surface area contributed by atoms with Crippen LogP contribution in [0.2, 0.25) is 5.02 Å². The second-order valence-electron chi connectivity index (χ2n) is 7.97. The number of hydrogen-bond acceptors (Lipinski definition) is 6. The summed E-state index contributed by atoms with van der Waals surface area (Å²) in [7, 11) is 0. The van der Waals surface area contributed by atoms with Gasteiger partial charge in [-0.25, -0.2) is 14.8 Å². The number of ether oxygens (including phenoxy) is 1. The molecule has 2 aromatic rings. The smallest absolute Gasteiger partial charge is 0.410 e. The predicted octanol–water partition coefficient (Wildman–Crippen LogP) is 3.64. The Balaban J connectivity index is 1.40. The maximum absolute atomic E-state index is 12.9. The van der Waals surface area contributed by atoms with Crippen LogP contribution in [0.4, 0.5) is 16.3 Å². The standard InChI is InChI=1S/C22H24ClN5O4/c1-13-2-8-17(19(25-13)21(30)27-18-9-5-15(23)12-24-18)26-20(29)14-3-6-16(7-4-14)28-10-11-32-22(28)31/h2,5,8-9,12,14,16H,3-4,6-7,10-11H2,1H3,(H,26,29)(H,24,27,30). The van der Waals surface area contributed by atoms with Crippen molar-refractivity contribution in [2.24, 2.45) is 5.92 Å². The summed E-state index contributed by atoms with van der Waals surface area (Å²) in [4.78, 5) is 47.6. The third kappa shape index (κ3) is 4.99. The molecule has 0 atom stereocenters. The van der Waals surface area contributed by atoms with Crippen LogP contribution < -0.4 is 10.6 Å². The zero-order valence-corrected chi connectivity index (χ0v) is 18.4. The highest BCUT2D eigenvalue weighted by Crippen LogP contribution is 2.30. The van der Waals surface area contributed by atoms with E-state index in [9.17, 15) is 14.4 Å². The van der Waals surface area contributed by atoms with Gasteiger partial charge < -0.3 is 20.3 Å². The second kappa shape index (κ2) is 9.52. The van der Waals surface area contributed by atoms with Crippen LogP contribution >= 0.6 is 11.6 Å². The lowest BCUT2D eigenvalue weighted by atomic mass is 9.85. The number of anilines is 2. The summed E-state index contributed by atoms with van der Waals surface area (Å²) in [5.74, 6) is -0.495. The van der Waals surface area contributed by atoms with Gasteiger partial charge in [0.25, 0.3) is 5.91 Å². The molecule has 3 heterocycles. The third-order valence-corrected chi connectivity index (χ3v) is 6.00. The topological polar surface area (TPSA) is 114 Å². The Hall–Kier alpha value is -3.20. The van der Waals surface area contributed by atoms with Crippen molar-refractivity contribution in [3.63, 3.8) is 0 Å². The Morgan fingerprint density at radius 3 is 2.56 bits per heavy atom. The van der Waals surface area contributed by atoms with E-state index in [4.69, 9.17) is 16.3 Å². The van der Waals surface area contributed by atoms with Gasteiger partial charge >= 0.3 is 6.09 Å². The maximum Gasteiger partial charge on any atom is 0.410 e. The van der Waals surface area contributed by atoms with Gasteiger partial charge in [0.1, 0.15) is 12.4 Å². The molecule has 2 fully saturated rings. The van der Waals surface area contributed by atoms with Crippen LogP contribution in [0, 0.1) is 12.8 Å². The van der Waals surface area contributed by atoms with Crippen LogP contribution in [-0.4, -0.2) is 52.0 Å². The summed E-state index contributed by atoms with van der Waals surface area (Å²) < 4.78 is 5.02. The van der Waals surface area contributed by atoms with Crippen molar-refractivity contribution in [1.29, 1.82) is 0 Å². The van der Waals surface area contributed by atoms with Gasteiger partial charge in [-0.15, -0.1) is 0 Å². The number of nitrogens with zero attached hydrogens (tertiary/aromatic N) is 3. The average molecular weight is 458 g/mol.